The third-order valence-corrected chi connectivity index (χ3v) is 4.70. The summed E-state index contributed by atoms with van der Waals surface area (Å²) < 4.78 is 1.66. The number of carbonyl (C=O) groups is 2. The Morgan fingerprint density at radius 1 is 0.931 bits per heavy atom. The molecule has 0 spiro atoms. The summed E-state index contributed by atoms with van der Waals surface area (Å²) in [5, 5.41) is 5.62. The van der Waals surface area contributed by atoms with Crippen molar-refractivity contribution in [2.75, 3.05) is 13.1 Å². The maximum Gasteiger partial charge on any atom is 0.251 e. The van der Waals surface area contributed by atoms with Crippen molar-refractivity contribution >= 4 is 11.8 Å². The Bertz CT molecular complexity index is 864. The number of aryl methyl sites for hydroxylation is 1. The number of hydrogen-bond acceptors (Lipinski definition) is 3. The minimum atomic E-state index is -0.174. The highest BCUT2D eigenvalue weighted by atomic mass is 16.2. The number of carbonyl (C=O) groups excluding carboxylic acids is 2. The molecule has 6 heteroatoms. The molecule has 0 saturated carbocycles. The normalized spacial score (nSPS) is 11.1. The van der Waals surface area contributed by atoms with E-state index in [2.05, 4.69) is 31.4 Å². The second kappa shape index (κ2) is 10.6. The van der Waals surface area contributed by atoms with E-state index < -0.39 is 0 Å². The number of nitrogens with one attached hydrogen (secondary N) is 2. The van der Waals surface area contributed by atoms with E-state index in [-0.39, 0.29) is 29.2 Å². The van der Waals surface area contributed by atoms with Gasteiger partial charge in [-0.05, 0) is 42.0 Å². The molecule has 0 fully saturated rings. The summed E-state index contributed by atoms with van der Waals surface area (Å²) >= 11 is 0. The summed E-state index contributed by atoms with van der Waals surface area (Å²) in [5.41, 5.74) is 1.80. The SMILES string of the molecule is CC(C)(C)c1ccc(C(=O)NCCC(=O)NCCCCn2ccccc2=O)cc1. The van der Waals surface area contributed by atoms with Crippen molar-refractivity contribution < 1.29 is 9.59 Å². The zero-order valence-electron chi connectivity index (χ0n) is 17.5. The van der Waals surface area contributed by atoms with Crippen LogP contribution in [0.3, 0.4) is 0 Å². The third-order valence-electron chi connectivity index (χ3n) is 4.70. The molecule has 0 saturated heterocycles. The fourth-order valence-electron chi connectivity index (χ4n) is 2.88. The number of unbranched alkanes of at least 4 members (excludes halogenated alkanes) is 1. The van der Waals surface area contributed by atoms with Crippen LogP contribution in [-0.4, -0.2) is 29.5 Å². The average Bonchev–Trinajstić information content (AvgIpc) is 2.68. The van der Waals surface area contributed by atoms with Crippen LogP contribution < -0.4 is 16.2 Å². The number of hydrogen-bond donors (Lipinski definition) is 2. The van der Waals surface area contributed by atoms with Gasteiger partial charge in [-0.3, -0.25) is 14.4 Å². The number of amides is 2. The lowest BCUT2D eigenvalue weighted by atomic mass is 9.87. The van der Waals surface area contributed by atoms with E-state index in [9.17, 15) is 14.4 Å². The lowest BCUT2D eigenvalue weighted by Crippen LogP contribution is -2.31. The number of rotatable bonds is 9. The smallest absolute Gasteiger partial charge is 0.251 e. The Labute approximate surface area is 172 Å². The summed E-state index contributed by atoms with van der Waals surface area (Å²) in [6.45, 7) is 7.88. The van der Waals surface area contributed by atoms with Crippen LogP contribution >= 0.6 is 0 Å². The van der Waals surface area contributed by atoms with Gasteiger partial charge in [0.15, 0.2) is 0 Å². The highest BCUT2D eigenvalue weighted by Gasteiger charge is 2.14. The van der Waals surface area contributed by atoms with Gasteiger partial charge in [0.25, 0.3) is 5.91 Å². The summed E-state index contributed by atoms with van der Waals surface area (Å²) in [6.07, 6.45) is 3.61. The quantitative estimate of drug-likeness (QED) is 0.639. The van der Waals surface area contributed by atoms with E-state index in [1.807, 2.05) is 30.3 Å². The molecule has 0 atom stereocenters. The lowest BCUT2D eigenvalue weighted by Gasteiger charge is -2.19. The van der Waals surface area contributed by atoms with Crippen molar-refractivity contribution in [2.45, 2.75) is 52.0 Å². The predicted molar refractivity (Wildman–Crippen MR) is 115 cm³/mol. The topological polar surface area (TPSA) is 80.2 Å². The molecule has 1 aromatic carbocycles. The lowest BCUT2D eigenvalue weighted by molar-refractivity contribution is -0.120. The van der Waals surface area contributed by atoms with E-state index in [1.165, 1.54) is 11.6 Å². The van der Waals surface area contributed by atoms with E-state index >= 15 is 0 Å². The minimum Gasteiger partial charge on any atom is -0.356 e. The van der Waals surface area contributed by atoms with Crippen molar-refractivity contribution in [3.05, 3.63) is 70.1 Å². The first-order chi connectivity index (χ1) is 13.8. The second-order valence-corrected chi connectivity index (χ2v) is 8.12. The Morgan fingerprint density at radius 3 is 2.31 bits per heavy atom. The van der Waals surface area contributed by atoms with Crippen molar-refractivity contribution in [3.63, 3.8) is 0 Å². The van der Waals surface area contributed by atoms with Crippen LogP contribution in [0.5, 0.6) is 0 Å². The van der Waals surface area contributed by atoms with Gasteiger partial charge < -0.3 is 15.2 Å². The fourth-order valence-corrected chi connectivity index (χ4v) is 2.88. The molecule has 29 heavy (non-hydrogen) atoms. The fraction of sp³-hybridized carbons (Fsp3) is 0.435. The predicted octanol–water partition coefficient (Wildman–Crippen LogP) is 2.86. The largest absolute Gasteiger partial charge is 0.356 e. The van der Waals surface area contributed by atoms with Crippen LogP contribution in [0.25, 0.3) is 0 Å². The molecule has 0 bridgehead atoms. The first-order valence-corrected chi connectivity index (χ1v) is 10.1. The molecule has 1 aromatic heterocycles. The molecule has 0 aliphatic carbocycles. The van der Waals surface area contributed by atoms with E-state index in [0.29, 0.717) is 25.2 Å². The van der Waals surface area contributed by atoms with Crippen LogP contribution in [0.2, 0.25) is 0 Å². The van der Waals surface area contributed by atoms with Crippen molar-refractivity contribution in [1.29, 1.82) is 0 Å². The van der Waals surface area contributed by atoms with Gasteiger partial charge in [0.1, 0.15) is 0 Å². The molecule has 6 nitrogen and oxygen atoms in total. The van der Waals surface area contributed by atoms with Gasteiger partial charge >= 0.3 is 0 Å². The van der Waals surface area contributed by atoms with Crippen LogP contribution in [0.15, 0.2) is 53.5 Å². The molecule has 2 amide bonds. The third kappa shape index (κ3) is 7.56. The van der Waals surface area contributed by atoms with Gasteiger partial charge in [-0.15, -0.1) is 0 Å². The summed E-state index contributed by atoms with van der Waals surface area (Å²) in [6, 6.07) is 12.6. The van der Waals surface area contributed by atoms with Crippen LogP contribution in [-0.2, 0) is 16.8 Å². The highest BCUT2D eigenvalue weighted by molar-refractivity contribution is 5.94. The highest BCUT2D eigenvalue weighted by Crippen LogP contribution is 2.22. The van der Waals surface area contributed by atoms with Crippen LogP contribution in [0.1, 0.15) is 56.0 Å². The molecule has 0 radical (unpaired) electrons. The molecule has 1 heterocycles. The Morgan fingerprint density at radius 2 is 1.66 bits per heavy atom. The Hall–Kier alpha value is -2.89. The number of nitrogens with zero attached hydrogens (tertiary/aromatic N) is 1. The monoisotopic (exact) mass is 397 g/mol. The first-order valence-electron chi connectivity index (χ1n) is 10.1. The molecule has 156 valence electrons. The van der Waals surface area contributed by atoms with Crippen molar-refractivity contribution in [1.82, 2.24) is 15.2 Å². The van der Waals surface area contributed by atoms with E-state index in [0.717, 1.165) is 12.8 Å². The van der Waals surface area contributed by atoms with Gasteiger partial charge in [-0.2, -0.15) is 0 Å². The zero-order chi connectivity index (χ0) is 21.3. The van der Waals surface area contributed by atoms with Crippen LogP contribution in [0.4, 0.5) is 0 Å². The van der Waals surface area contributed by atoms with Crippen LogP contribution in [0, 0.1) is 0 Å². The second-order valence-electron chi connectivity index (χ2n) is 8.12. The molecular formula is C23H31N3O3. The molecular weight excluding hydrogens is 366 g/mol. The molecule has 0 unspecified atom stereocenters. The summed E-state index contributed by atoms with van der Waals surface area (Å²) in [4.78, 5) is 35.6. The first kappa shape index (κ1) is 22.4. The standard InChI is InChI=1S/C23H31N3O3/c1-23(2,3)19-11-9-18(10-12-19)22(29)25-15-13-20(27)24-14-5-7-17-26-16-6-4-8-21(26)28/h4,6,8-12,16H,5,7,13-15,17H2,1-3H3,(H,24,27)(H,25,29). The van der Waals surface area contributed by atoms with Crippen molar-refractivity contribution in [3.8, 4) is 0 Å². The van der Waals surface area contributed by atoms with E-state index in [4.69, 9.17) is 0 Å². The molecule has 2 aromatic rings. The maximum absolute atomic E-state index is 12.2. The van der Waals surface area contributed by atoms with Gasteiger partial charge in [0, 0.05) is 43.9 Å². The Balaban J connectivity index is 1.61. The molecule has 0 aliphatic heterocycles. The minimum absolute atomic E-state index is 0.0136. The van der Waals surface area contributed by atoms with Gasteiger partial charge in [0.05, 0.1) is 0 Å². The Kier molecular flexibility index (Phi) is 8.19. The van der Waals surface area contributed by atoms with Gasteiger partial charge in [-0.1, -0.05) is 39.0 Å². The van der Waals surface area contributed by atoms with Gasteiger partial charge in [-0.25, -0.2) is 0 Å². The molecule has 0 aliphatic rings. The number of pyridine rings is 1. The van der Waals surface area contributed by atoms with Crippen molar-refractivity contribution in [2.24, 2.45) is 0 Å². The molecule has 2 N–H and O–H groups in total. The average molecular weight is 398 g/mol. The number of benzene rings is 1. The van der Waals surface area contributed by atoms with Gasteiger partial charge in [0.2, 0.25) is 11.5 Å². The summed E-state index contributed by atoms with van der Waals surface area (Å²) in [7, 11) is 0. The van der Waals surface area contributed by atoms with E-state index in [1.54, 1.807) is 16.8 Å². The maximum atomic E-state index is 12.2. The zero-order valence-corrected chi connectivity index (χ0v) is 17.5. The number of aromatic nitrogens is 1. The molecule has 2 rings (SSSR count). The summed E-state index contributed by atoms with van der Waals surface area (Å²) in [5.74, 6) is -0.267.